The molecule has 0 radical (unpaired) electrons. The molecule has 32 heavy (non-hydrogen) atoms. The molecule has 1 saturated carbocycles. The summed E-state index contributed by atoms with van der Waals surface area (Å²) in [6.45, 7) is 11.8. The highest BCUT2D eigenvalue weighted by Gasteiger charge is 2.48. The molecular weight excluding hydrogens is 410 g/mol. The van der Waals surface area contributed by atoms with E-state index in [-0.39, 0.29) is 42.1 Å². The minimum absolute atomic E-state index is 0.0128. The average molecular weight is 450 g/mol. The Hall–Kier alpha value is -1.87. The fourth-order valence-electron chi connectivity index (χ4n) is 6.03. The van der Waals surface area contributed by atoms with Crippen molar-refractivity contribution in [1.29, 1.82) is 0 Å². The van der Waals surface area contributed by atoms with Gasteiger partial charge in [-0.1, -0.05) is 0 Å². The van der Waals surface area contributed by atoms with Crippen molar-refractivity contribution in [2.24, 2.45) is 11.8 Å². The first kappa shape index (κ1) is 23.3. The largest absolute Gasteiger partial charge is 0.447 e. The molecule has 0 spiro atoms. The van der Waals surface area contributed by atoms with Gasteiger partial charge in [0.1, 0.15) is 0 Å². The summed E-state index contributed by atoms with van der Waals surface area (Å²) in [4.78, 5) is 43.5. The predicted molar refractivity (Wildman–Crippen MR) is 119 cm³/mol. The van der Waals surface area contributed by atoms with Gasteiger partial charge in [0.2, 0.25) is 11.8 Å². The average Bonchev–Trinajstić information content (AvgIpc) is 3.13. The van der Waals surface area contributed by atoms with Crippen LogP contribution in [0.4, 0.5) is 4.79 Å². The molecule has 4 rings (SSSR count). The minimum Gasteiger partial charge on any atom is -0.447 e. The molecule has 0 aromatic carbocycles. The first-order valence-electron chi connectivity index (χ1n) is 12.3. The Kier molecular flexibility index (Phi) is 6.95. The third kappa shape index (κ3) is 4.73. The van der Waals surface area contributed by atoms with Crippen LogP contribution in [0.1, 0.15) is 53.4 Å². The number of piperazine rings is 1. The number of nitrogens with zero attached hydrogens (tertiary/aromatic N) is 4. The van der Waals surface area contributed by atoms with Crippen molar-refractivity contribution in [1.82, 2.24) is 25.1 Å². The summed E-state index contributed by atoms with van der Waals surface area (Å²) in [7, 11) is 0. The fraction of sp³-hybridized carbons (Fsp3) is 0.870. The molecular formula is C23H39N5O4. The monoisotopic (exact) mass is 449 g/mol. The Bertz CT molecular complexity index is 727. The number of ether oxygens (including phenoxy) is 1. The molecule has 4 fully saturated rings. The number of carbonyl (C=O) groups is 3. The van der Waals surface area contributed by atoms with E-state index in [1.165, 1.54) is 0 Å². The molecule has 9 nitrogen and oxygen atoms in total. The number of hydrazine groups is 1. The fourth-order valence-corrected chi connectivity index (χ4v) is 6.03. The number of carbonyl (C=O) groups excluding carboxylic acids is 3. The van der Waals surface area contributed by atoms with Crippen molar-refractivity contribution in [2.45, 2.75) is 77.6 Å². The Morgan fingerprint density at radius 1 is 1.06 bits per heavy atom. The lowest BCUT2D eigenvalue weighted by Crippen LogP contribution is -2.67. The van der Waals surface area contributed by atoms with Crippen LogP contribution < -0.4 is 5.43 Å². The van der Waals surface area contributed by atoms with Crippen LogP contribution in [0.15, 0.2) is 0 Å². The first-order valence-corrected chi connectivity index (χ1v) is 12.3. The number of hydrogen-bond donors (Lipinski definition) is 1. The molecule has 4 unspecified atom stereocenters. The van der Waals surface area contributed by atoms with Gasteiger partial charge < -0.3 is 19.4 Å². The van der Waals surface area contributed by atoms with Crippen LogP contribution in [0.25, 0.3) is 0 Å². The van der Waals surface area contributed by atoms with Gasteiger partial charge in [0, 0.05) is 45.7 Å². The number of nitrogens with one attached hydrogen (secondary N) is 1. The molecule has 0 aromatic heterocycles. The Balaban J connectivity index is 1.42. The van der Waals surface area contributed by atoms with Crippen molar-refractivity contribution in [2.75, 3.05) is 39.3 Å². The number of fused-ring (bicyclic) bond motifs is 1. The second-order valence-electron chi connectivity index (χ2n) is 10.3. The Labute approximate surface area is 191 Å². The van der Waals surface area contributed by atoms with Crippen LogP contribution in [0.5, 0.6) is 0 Å². The maximum absolute atomic E-state index is 12.9. The summed E-state index contributed by atoms with van der Waals surface area (Å²) in [5, 5.41) is 2.06. The summed E-state index contributed by atoms with van der Waals surface area (Å²) in [5.41, 5.74) is 3.42. The summed E-state index contributed by atoms with van der Waals surface area (Å²) in [5.74, 6) is 1.17. The van der Waals surface area contributed by atoms with Crippen molar-refractivity contribution in [3.8, 4) is 0 Å². The van der Waals surface area contributed by atoms with Gasteiger partial charge in [0.15, 0.2) is 0 Å². The van der Waals surface area contributed by atoms with Gasteiger partial charge in [-0.3, -0.25) is 15.0 Å². The smallest absolute Gasteiger partial charge is 0.410 e. The van der Waals surface area contributed by atoms with Crippen LogP contribution in [0, 0.1) is 11.8 Å². The molecule has 0 bridgehead atoms. The second-order valence-corrected chi connectivity index (χ2v) is 10.3. The topological polar surface area (TPSA) is 85.4 Å². The third-order valence-electron chi connectivity index (χ3n) is 7.68. The first-order chi connectivity index (χ1) is 15.2. The van der Waals surface area contributed by atoms with Crippen molar-refractivity contribution in [3.63, 3.8) is 0 Å². The van der Waals surface area contributed by atoms with Gasteiger partial charge in [0.05, 0.1) is 24.7 Å². The van der Waals surface area contributed by atoms with Crippen molar-refractivity contribution < 1.29 is 19.1 Å². The van der Waals surface area contributed by atoms with Gasteiger partial charge >= 0.3 is 6.09 Å². The molecule has 1 aliphatic carbocycles. The minimum atomic E-state index is -0.267. The van der Waals surface area contributed by atoms with Crippen LogP contribution in [-0.4, -0.2) is 101 Å². The van der Waals surface area contributed by atoms with E-state index in [1.54, 1.807) is 6.92 Å². The molecule has 3 saturated heterocycles. The van der Waals surface area contributed by atoms with Gasteiger partial charge in [0.25, 0.3) is 0 Å². The zero-order valence-corrected chi connectivity index (χ0v) is 20.0. The molecule has 3 heterocycles. The van der Waals surface area contributed by atoms with Crippen LogP contribution in [0.3, 0.4) is 0 Å². The SMILES string of the molecule is CC(=O)N1C2CCC(C3CNN(CC(=O)N4CCC4)C3)CC2N(C(=O)OC(C)C)C[C@@H]1C. The van der Waals surface area contributed by atoms with Gasteiger partial charge in [-0.2, -0.15) is 0 Å². The van der Waals surface area contributed by atoms with E-state index >= 15 is 0 Å². The summed E-state index contributed by atoms with van der Waals surface area (Å²) < 4.78 is 5.56. The number of likely N-dealkylation sites (tertiary alicyclic amines) is 1. The summed E-state index contributed by atoms with van der Waals surface area (Å²) >= 11 is 0. The highest BCUT2D eigenvalue weighted by Crippen LogP contribution is 2.39. The van der Waals surface area contributed by atoms with E-state index < -0.39 is 0 Å². The summed E-state index contributed by atoms with van der Waals surface area (Å²) in [6, 6.07) is 0.0173. The van der Waals surface area contributed by atoms with E-state index in [9.17, 15) is 14.4 Å². The maximum Gasteiger partial charge on any atom is 0.410 e. The van der Waals surface area contributed by atoms with Gasteiger partial charge in [-0.25, -0.2) is 9.80 Å². The molecule has 3 amide bonds. The lowest BCUT2D eigenvalue weighted by molar-refractivity contribution is -0.142. The molecule has 1 N–H and O–H groups in total. The van der Waals surface area contributed by atoms with E-state index in [4.69, 9.17) is 4.74 Å². The number of hydrogen-bond acceptors (Lipinski definition) is 6. The Morgan fingerprint density at radius 3 is 2.44 bits per heavy atom. The highest BCUT2D eigenvalue weighted by molar-refractivity contribution is 5.79. The zero-order valence-electron chi connectivity index (χ0n) is 20.0. The lowest BCUT2D eigenvalue weighted by atomic mass is 9.73. The van der Waals surface area contributed by atoms with E-state index in [2.05, 4.69) is 10.4 Å². The van der Waals surface area contributed by atoms with Crippen molar-refractivity contribution >= 4 is 17.9 Å². The zero-order chi connectivity index (χ0) is 23.0. The molecule has 180 valence electrons. The van der Waals surface area contributed by atoms with Gasteiger partial charge in [-0.05, 0) is 58.3 Å². The quantitative estimate of drug-likeness (QED) is 0.696. The van der Waals surface area contributed by atoms with E-state index in [0.717, 1.165) is 51.9 Å². The standard InChI is InChI=1S/C23H39N5O4/c1-15(2)32-23(31)27-12-16(3)28(17(4)29)20-7-6-18(10-21(20)27)19-11-24-26(13-19)14-22(30)25-8-5-9-25/h15-16,18-21,24H,5-14H2,1-4H3/t16-,18?,19?,20?,21?/m0/s1. The number of rotatable bonds is 4. The number of amides is 3. The molecule has 3 aliphatic heterocycles. The molecule has 5 atom stereocenters. The van der Waals surface area contributed by atoms with E-state index in [1.807, 2.05) is 35.5 Å². The van der Waals surface area contributed by atoms with Crippen molar-refractivity contribution in [3.05, 3.63) is 0 Å². The Morgan fingerprint density at radius 2 is 1.81 bits per heavy atom. The molecule has 4 aliphatic rings. The third-order valence-corrected chi connectivity index (χ3v) is 7.68. The van der Waals surface area contributed by atoms with Crippen LogP contribution in [-0.2, 0) is 14.3 Å². The predicted octanol–water partition coefficient (Wildman–Crippen LogP) is 1.29. The van der Waals surface area contributed by atoms with E-state index in [0.29, 0.717) is 24.9 Å². The molecule has 9 heteroatoms. The van der Waals surface area contributed by atoms with Crippen LogP contribution in [0.2, 0.25) is 0 Å². The van der Waals surface area contributed by atoms with Gasteiger partial charge in [-0.15, -0.1) is 0 Å². The second kappa shape index (κ2) is 9.55. The summed E-state index contributed by atoms with van der Waals surface area (Å²) in [6.07, 6.45) is 3.47. The normalized spacial score (nSPS) is 33.2. The van der Waals surface area contributed by atoms with Crippen LogP contribution >= 0.6 is 0 Å². The maximum atomic E-state index is 12.9. The lowest BCUT2D eigenvalue weighted by Gasteiger charge is -2.54. The highest BCUT2D eigenvalue weighted by atomic mass is 16.6. The molecule has 0 aromatic rings.